The Bertz CT molecular complexity index is 788. The average Bonchev–Trinajstić information content (AvgIpc) is 3.31. The van der Waals surface area contributed by atoms with Crippen molar-refractivity contribution in [2.45, 2.75) is 37.7 Å². The van der Waals surface area contributed by atoms with Gasteiger partial charge in [-0.2, -0.15) is 20.6 Å². The van der Waals surface area contributed by atoms with E-state index >= 15 is 0 Å². The zero-order chi connectivity index (χ0) is 18.1. The van der Waals surface area contributed by atoms with Crippen LogP contribution in [0.15, 0.2) is 83.8 Å². The standard InChI is InChI=1S/C16H19O3S.C5H5.Fe/c1-3-6-16(14-7-4-5-8-14)19-20(17,18)15-11-9-13(2)10-12-15;1-2-4-5-3-1;/h4-5,7-12,16H,3,6H2,1-2H3;1-5H;/q-1;-5;. The first-order chi connectivity index (χ1) is 12.0. The Balaban J connectivity index is 0.000000486. The second-order valence-electron chi connectivity index (χ2n) is 5.82. The van der Waals surface area contributed by atoms with Crippen LogP contribution in [-0.2, 0) is 31.4 Å². The quantitative estimate of drug-likeness (QED) is 0.311. The molecule has 0 bridgehead atoms. The van der Waals surface area contributed by atoms with Crippen LogP contribution in [0.25, 0.3) is 0 Å². The average molecular weight is 412 g/mol. The maximum Gasteiger partial charge on any atom is 0.296 e. The van der Waals surface area contributed by atoms with Crippen molar-refractivity contribution in [3.05, 3.63) is 90.0 Å². The van der Waals surface area contributed by atoms with Gasteiger partial charge >= 0.3 is 0 Å². The van der Waals surface area contributed by atoms with Gasteiger partial charge in [-0.1, -0.05) is 31.0 Å². The minimum absolute atomic E-state index is 0. The smallest absolute Gasteiger partial charge is 0.296 e. The molecule has 0 aliphatic heterocycles. The summed E-state index contributed by atoms with van der Waals surface area (Å²) >= 11 is 0. The molecule has 0 radical (unpaired) electrons. The summed E-state index contributed by atoms with van der Waals surface area (Å²) in [5.74, 6) is 0. The molecule has 0 aliphatic rings. The fraction of sp³-hybridized carbons (Fsp3) is 0.238. The van der Waals surface area contributed by atoms with Crippen LogP contribution in [0.2, 0.25) is 0 Å². The molecular formula is C21H24FeO3S-6. The first kappa shape index (κ1) is 22.4. The molecule has 5 heteroatoms. The molecule has 3 nitrogen and oxygen atoms in total. The topological polar surface area (TPSA) is 43.4 Å². The Hall–Kier alpha value is -1.65. The summed E-state index contributed by atoms with van der Waals surface area (Å²) in [5, 5.41) is 0. The van der Waals surface area contributed by atoms with Gasteiger partial charge in [-0.15, -0.1) is 5.56 Å². The first-order valence-corrected chi connectivity index (χ1v) is 9.82. The number of benzene rings is 1. The van der Waals surface area contributed by atoms with E-state index in [0.717, 1.165) is 17.5 Å². The summed E-state index contributed by atoms with van der Waals surface area (Å²) in [6.07, 6.45) is 1.12. The molecule has 0 fully saturated rings. The van der Waals surface area contributed by atoms with Crippen LogP contribution >= 0.6 is 0 Å². The maximum absolute atomic E-state index is 12.3. The fourth-order valence-corrected chi connectivity index (χ4v) is 3.46. The van der Waals surface area contributed by atoms with Crippen molar-refractivity contribution in [2.24, 2.45) is 0 Å². The minimum atomic E-state index is -3.72. The van der Waals surface area contributed by atoms with Crippen molar-refractivity contribution in [3.63, 3.8) is 0 Å². The van der Waals surface area contributed by atoms with Crippen LogP contribution in [-0.4, -0.2) is 8.42 Å². The van der Waals surface area contributed by atoms with Gasteiger partial charge in [-0.3, -0.25) is 4.18 Å². The monoisotopic (exact) mass is 412 g/mol. The van der Waals surface area contributed by atoms with Crippen LogP contribution in [0.5, 0.6) is 0 Å². The van der Waals surface area contributed by atoms with Gasteiger partial charge in [0.1, 0.15) is 0 Å². The molecule has 0 saturated carbocycles. The van der Waals surface area contributed by atoms with Crippen molar-refractivity contribution >= 4 is 10.1 Å². The van der Waals surface area contributed by atoms with Gasteiger partial charge < -0.3 is 30.3 Å². The van der Waals surface area contributed by atoms with Gasteiger partial charge in [0.05, 0.1) is 11.0 Å². The molecule has 0 aliphatic carbocycles. The van der Waals surface area contributed by atoms with Crippen molar-refractivity contribution < 1.29 is 29.7 Å². The van der Waals surface area contributed by atoms with E-state index < -0.39 is 16.2 Å². The molecule has 1 unspecified atom stereocenters. The van der Waals surface area contributed by atoms with E-state index in [0.29, 0.717) is 6.42 Å². The third kappa shape index (κ3) is 6.93. The van der Waals surface area contributed by atoms with E-state index in [9.17, 15) is 8.42 Å². The zero-order valence-corrected chi connectivity index (χ0v) is 16.9. The van der Waals surface area contributed by atoms with Crippen molar-refractivity contribution in [3.8, 4) is 0 Å². The molecule has 0 spiro atoms. The molecule has 0 saturated heterocycles. The van der Waals surface area contributed by atoms with E-state index in [-0.39, 0.29) is 22.0 Å². The molecule has 26 heavy (non-hydrogen) atoms. The Morgan fingerprint density at radius 3 is 1.96 bits per heavy atom. The molecule has 0 N–H and O–H groups in total. The van der Waals surface area contributed by atoms with E-state index in [4.69, 9.17) is 4.18 Å². The zero-order valence-electron chi connectivity index (χ0n) is 15.0. The Morgan fingerprint density at radius 2 is 1.50 bits per heavy atom. The maximum atomic E-state index is 12.3. The second-order valence-corrected chi connectivity index (χ2v) is 7.39. The Kier molecular flexibility index (Phi) is 9.60. The Labute approximate surface area is 167 Å². The van der Waals surface area contributed by atoms with Crippen molar-refractivity contribution in [1.29, 1.82) is 0 Å². The second kappa shape index (κ2) is 11.1. The number of aryl methyl sites for hydroxylation is 1. The number of hydrogen-bond donors (Lipinski definition) is 0. The van der Waals surface area contributed by atoms with Crippen molar-refractivity contribution in [1.82, 2.24) is 0 Å². The summed E-state index contributed by atoms with van der Waals surface area (Å²) in [5.41, 5.74) is 1.92. The summed E-state index contributed by atoms with van der Waals surface area (Å²) < 4.78 is 30.0. The predicted molar refractivity (Wildman–Crippen MR) is 101 cm³/mol. The minimum Gasteiger partial charge on any atom is -0.748 e. The summed E-state index contributed by atoms with van der Waals surface area (Å²) in [6, 6.07) is 24.3. The molecule has 0 heterocycles. The number of hydrogen-bond acceptors (Lipinski definition) is 3. The van der Waals surface area contributed by atoms with Gasteiger partial charge in [0, 0.05) is 17.1 Å². The van der Waals surface area contributed by atoms with E-state index in [1.807, 2.05) is 68.4 Å². The first-order valence-electron chi connectivity index (χ1n) is 8.41. The van der Waals surface area contributed by atoms with Gasteiger partial charge in [0.2, 0.25) is 0 Å². The van der Waals surface area contributed by atoms with E-state index in [2.05, 4.69) is 0 Å². The molecule has 3 aromatic rings. The van der Waals surface area contributed by atoms with Gasteiger partial charge in [-0.05, 0) is 25.5 Å². The summed E-state index contributed by atoms with van der Waals surface area (Å²) in [7, 11) is -3.72. The van der Waals surface area contributed by atoms with E-state index in [1.165, 1.54) is 0 Å². The molecule has 0 amide bonds. The SMILES string of the molecule is CCCC(OS(=O)(=O)c1ccc(C)cc1)[c-]1cccc1.[Fe].[cH-]1[cH-][cH-][cH-][cH-]1. The van der Waals surface area contributed by atoms with E-state index in [1.54, 1.807) is 24.3 Å². The van der Waals surface area contributed by atoms with Crippen LogP contribution in [0.4, 0.5) is 0 Å². The normalized spacial score (nSPS) is 11.8. The van der Waals surface area contributed by atoms with Crippen LogP contribution < -0.4 is 0 Å². The molecule has 1 atom stereocenters. The molecule has 3 aromatic carbocycles. The predicted octanol–water partition coefficient (Wildman–Crippen LogP) is 5.36. The third-order valence-corrected chi connectivity index (χ3v) is 5.05. The molecular weight excluding hydrogens is 388 g/mol. The van der Waals surface area contributed by atoms with Crippen LogP contribution in [0, 0.1) is 6.92 Å². The largest absolute Gasteiger partial charge is 0.748 e. The molecule has 3 rings (SSSR count). The van der Waals surface area contributed by atoms with Gasteiger partial charge in [0.15, 0.2) is 0 Å². The number of rotatable bonds is 6. The molecule has 146 valence electrons. The van der Waals surface area contributed by atoms with Crippen LogP contribution in [0.1, 0.15) is 37.0 Å². The van der Waals surface area contributed by atoms with Gasteiger partial charge in [0.25, 0.3) is 10.1 Å². The fourth-order valence-electron chi connectivity index (χ4n) is 2.37. The van der Waals surface area contributed by atoms with Gasteiger partial charge in [-0.25, -0.2) is 12.1 Å². The summed E-state index contributed by atoms with van der Waals surface area (Å²) in [4.78, 5) is 0.204. The van der Waals surface area contributed by atoms with Crippen molar-refractivity contribution in [2.75, 3.05) is 0 Å². The summed E-state index contributed by atoms with van der Waals surface area (Å²) in [6.45, 7) is 3.93. The molecule has 0 aromatic heterocycles. The third-order valence-electron chi connectivity index (χ3n) is 3.72. The Morgan fingerprint density at radius 1 is 1.00 bits per heavy atom. The van der Waals surface area contributed by atoms with Crippen LogP contribution in [0.3, 0.4) is 0 Å².